The number of carboxylic acid groups (broad SMARTS) is 1. The van der Waals surface area contributed by atoms with Gasteiger partial charge in [-0.15, -0.1) is 0 Å². The van der Waals surface area contributed by atoms with Crippen LogP contribution < -0.4 is 10.6 Å². The van der Waals surface area contributed by atoms with Crippen molar-refractivity contribution in [2.75, 3.05) is 11.9 Å². The van der Waals surface area contributed by atoms with Gasteiger partial charge in [0.1, 0.15) is 0 Å². The summed E-state index contributed by atoms with van der Waals surface area (Å²) in [6, 6.07) is 6.25. The lowest BCUT2D eigenvalue weighted by Gasteiger charge is -2.16. The number of aryl methyl sites for hydroxylation is 2. The highest BCUT2D eigenvalue weighted by Crippen LogP contribution is 2.22. The third kappa shape index (κ3) is 5.17. The molecular formula is C15H22N2O2S. The normalized spacial score (nSPS) is 10.1. The second-order valence-electron chi connectivity index (χ2n) is 4.54. The van der Waals surface area contributed by atoms with Crippen LogP contribution >= 0.6 is 12.2 Å². The van der Waals surface area contributed by atoms with Crippen molar-refractivity contribution in [1.29, 1.82) is 0 Å². The van der Waals surface area contributed by atoms with Crippen LogP contribution in [0.3, 0.4) is 0 Å². The molecule has 3 N–H and O–H groups in total. The Kier molecular flexibility index (Phi) is 7.01. The second-order valence-corrected chi connectivity index (χ2v) is 4.94. The lowest BCUT2D eigenvalue weighted by molar-refractivity contribution is -0.137. The summed E-state index contributed by atoms with van der Waals surface area (Å²) < 4.78 is 0. The number of rotatable bonds is 7. The topological polar surface area (TPSA) is 61.4 Å². The van der Waals surface area contributed by atoms with Crippen molar-refractivity contribution in [2.24, 2.45) is 0 Å². The number of hydrogen-bond acceptors (Lipinski definition) is 2. The van der Waals surface area contributed by atoms with Crippen LogP contribution in [0.15, 0.2) is 18.2 Å². The van der Waals surface area contributed by atoms with Crippen molar-refractivity contribution in [3.05, 3.63) is 29.3 Å². The Morgan fingerprint density at radius 1 is 1.25 bits per heavy atom. The summed E-state index contributed by atoms with van der Waals surface area (Å²) in [5, 5.41) is 15.4. The van der Waals surface area contributed by atoms with Crippen LogP contribution in [0.1, 0.15) is 37.8 Å². The number of carboxylic acids is 1. The van der Waals surface area contributed by atoms with Gasteiger partial charge in [-0.25, -0.2) is 0 Å². The first-order chi connectivity index (χ1) is 9.58. The highest BCUT2D eigenvalue weighted by atomic mass is 32.1. The minimum Gasteiger partial charge on any atom is -0.481 e. The fraction of sp³-hybridized carbons (Fsp3) is 0.467. The maximum absolute atomic E-state index is 10.4. The van der Waals surface area contributed by atoms with E-state index in [0.29, 0.717) is 18.1 Å². The molecule has 0 aliphatic heterocycles. The Bertz CT molecular complexity index is 453. The van der Waals surface area contributed by atoms with E-state index >= 15 is 0 Å². The minimum atomic E-state index is -0.782. The molecule has 0 aromatic heterocycles. The molecular weight excluding hydrogens is 272 g/mol. The third-order valence-electron chi connectivity index (χ3n) is 3.09. The van der Waals surface area contributed by atoms with E-state index < -0.39 is 5.97 Å². The molecule has 5 heteroatoms. The summed E-state index contributed by atoms with van der Waals surface area (Å²) in [6.07, 6.45) is 2.60. The van der Waals surface area contributed by atoms with Gasteiger partial charge in [-0.2, -0.15) is 0 Å². The zero-order chi connectivity index (χ0) is 15.0. The highest BCUT2D eigenvalue weighted by molar-refractivity contribution is 7.80. The van der Waals surface area contributed by atoms with E-state index in [1.165, 1.54) is 11.1 Å². The van der Waals surface area contributed by atoms with Gasteiger partial charge in [0.05, 0.1) is 0 Å². The molecule has 0 saturated carbocycles. The number of thiocarbonyl (C=S) groups is 1. The van der Waals surface area contributed by atoms with E-state index in [0.717, 1.165) is 18.5 Å². The van der Waals surface area contributed by atoms with Crippen molar-refractivity contribution in [3.8, 4) is 0 Å². The Labute approximate surface area is 125 Å². The number of aliphatic carboxylic acids is 1. The monoisotopic (exact) mass is 294 g/mol. The van der Waals surface area contributed by atoms with Crippen molar-refractivity contribution >= 4 is 29.0 Å². The lowest BCUT2D eigenvalue weighted by Crippen LogP contribution is -2.30. The van der Waals surface area contributed by atoms with Crippen molar-refractivity contribution in [1.82, 2.24) is 5.32 Å². The summed E-state index contributed by atoms with van der Waals surface area (Å²) in [4.78, 5) is 10.4. The van der Waals surface area contributed by atoms with Crippen LogP contribution in [0.25, 0.3) is 0 Å². The van der Waals surface area contributed by atoms with Crippen LogP contribution in [-0.2, 0) is 17.6 Å². The van der Waals surface area contributed by atoms with Gasteiger partial charge in [-0.1, -0.05) is 32.0 Å². The Morgan fingerprint density at radius 2 is 1.85 bits per heavy atom. The van der Waals surface area contributed by atoms with Crippen molar-refractivity contribution < 1.29 is 9.90 Å². The predicted molar refractivity (Wildman–Crippen MR) is 86.3 cm³/mol. The van der Waals surface area contributed by atoms with Gasteiger partial charge in [-0.05, 0) is 42.6 Å². The lowest BCUT2D eigenvalue weighted by atomic mass is 10.0. The number of para-hydroxylation sites is 1. The number of hydrogen-bond donors (Lipinski definition) is 3. The zero-order valence-corrected chi connectivity index (χ0v) is 12.8. The molecule has 1 aromatic carbocycles. The van der Waals surface area contributed by atoms with Crippen LogP contribution in [0.2, 0.25) is 0 Å². The second kappa shape index (κ2) is 8.53. The van der Waals surface area contributed by atoms with Crippen LogP contribution in [0.5, 0.6) is 0 Å². The summed E-state index contributed by atoms with van der Waals surface area (Å²) in [6.45, 7) is 4.79. The molecule has 4 nitrogen and oxygen atoms in total. The molecule has 0 radical (unpaired) electrons. The first-order valence-electron chi connectivity index (χ1n) is 6.95. The SMILES string of the molecule is CCc1cccc(CC)c1NC(=S)NCCCC(=O)O. The van der Waals surface area contributed by atoms with Gasteiger partial charge in [0.25, 0.3) is 0 Å². The van der Waals surface area contributed by atoms with Crippen LogP contribution in [0.4, 0.5) is 5.69 Å². The fourth-order valence-corrected chi connectivity index (χ4v) is 2.21. The molecule has 20 heavy (non-hydrogen) atoms. The van der Waals surface area contributed by atoms with Gasteiger partial charge in [0.2, 0.25) is 0 Å². The largest absolute Gasteiger partial charge is 0.481 e. The third-order valence-corrected chi connectivity index (χ3v) is 3.34. The molecule has 110 valence electrons. The number of anilines is 1. The maximum Gasteiger partial charge on any atom is 0.303 e. The van der Waals surface area contributed by atoms with Gasteiger partial charge in [-0.3, -0.25) is 4.79 Å². The average molecular weight is 294 g/mol. The molecule has 0 amide bonds. The number of carbonyl (C=O) groups is 1. The molecule has 0 atom stereocenters. The molecule has 0 saturated heterocycles. The zero-order valence-electron chi connectivity index (χ0n) is 12.0. The molecule has 0 aliphatic rings. The van der Waals surface area contributed by atoms with E-state index in [1.54, 1.807) is 0 Å². The van der Waals surface area contributed by atoms with Gasteiger partial charge in [0, 0.05) is 18.7 Å². The predicted octanol–water partition coefficient (Wildman–Crippen LogP) is 2.96. The number of benzene rings is 1. The van der Waals surface area contributed by atoms with Gasteiger partial charge < -0.3 is 15.7 Å². The van der Waals surface area contributed by atoms with Gasteiger partial charge >= 0.3 is 5.97 Å². The molecule has 0 unspecified atom stereocenters. The van der Waals surface area contributed by atoms with Crippen molar-refractivity contribution in [3.63, 3.8) is 0 Å². The first-order valence-corrected chi connectivity index (χ1v) is 7.36. The Morgan fingerprint density at radius 3 is 2.35 bits per heavy atom. The van der Waals surface area contributed by atoms with Crippen molar-refractivity contribution in [2.45, 2.75) is 39.5 Å². The standard InChI is InChI=1S/C15H22N2O2S/c1-3-11-7-5-8-12(4-2)14(11)17-15(20)16-10-6-9-13(18)19/h5,7-8H,3-4,6,9-10H2,1-2H3,(H,18,19)(H2,16,17,20). The van der Waals surface area contributed by atoms with E-state index in [1.807, 2.05) is 0 Å². The van der Waals surface area contributed by atoms with E-state index in [-0.39, 0.29) is 6.42 Å². The van der Waals surface area contributed by atoms with Crippen LogP contribution in [0, 0.1) is 0 Å². The maximum atomic E-state index is 10.4. The smallest absolute Gasteiger partial charge is 0.303 e. The highest BCUT2D eigenvalue weighted by Gasteiger charge is 2.07. The average Bonchev–Trinajstić information content (AvgIpc) is 2.43. The Hall–Kier alpha value is -1.62. The molecule has 1 rings (SSSR count). The molecule has 0 aliphatic carbocycles. The summed E-state index contributed by atoms with van der Waals surface area (Å²) in [7, 11) is 0. The van der Waals surface area contributed by atoms with E-state index in [4.69, 9.17) is 17.3 Å². The van der Waals surface area contributed by atoms with Gasteiger partial charge in [0.15, 0.2) is 5.11 Å². The molecule has 1 aromatic rings. The molecule has 0 bridgehead atoms. The fourth-order valence-electron chi connectivity index (χ4n) is 2.00. The van der Waals surface area contributed by atoms with E-state index in [9.17, 15) is 4.79 Å². The molecule has 0 fully saturated rings. The summed E-state index contributed by atoms with van der Waals surface area (Å²) in [5.74, 6) is -0.782. The first kappa shape index (κ1) is 16.4. The quantitative estimate of drug-likeness (QED) is 0.533. The summed E-state index contributed by atoms with van der Waals surface area (Å²) >= 11 is 5.26. The van der Waals surface area contributed by atoms with Crippen LogP contribution in [-0.4, -0.2) is 22.7 Å². The molecule has 0 spiro atoms. The summed E-state index contributed by atoms with van der Waals surface area (Å²) in [5.41, 5.74) is 3.55. The molecule has 0 heterocycles. The minimum absolute atomic E-state index is 0.154. The van der Waals surface area contributed by atoms with E-state index in [2.05, 4.69) is 42.7 Å². The number of nitrogens with one attached hydrogen (secondary N) is 2. The Balaban J connectivity index is 2.59.